The average Bonchev–Trinajstić information content (AvgIpc) is 2.59. The van der Waals surface area contributed by atoms with Crippen molar-refractivity contribution < 1.29 is 0 Å². The number of nitrogens with one attached hydrogen (secondary N) is 1. The molecule has 0 bridgehead atoms. The van der Waals surface area contributed by atoms with Gasteiger partial charge in [0.05, 0.1) is 0 Å². The quantitative estimate of drug-likeness (QED) is 0.615. The summed E-state index contributed by atoms with van der Waals surface area (Å²) in [6.07, 6.45) is 1.02. The molecule has 1 aromatic heterocycles. The van der Waals surface area contributed by atoms with Gasteiger partial charge in [0.1, 0.15) is 6.33 Å². The molecule has 0 unspecified atom stereocenters. The maximum atomic E-state index is 3.82. The Balaban J connectivity index is 2.29. The van der Waals surface area contributed by atoms with Crippen molar-refractivity contribution in [3.8, 4) is 0 Å². The summed E-state index contributed by atoms with van der Waals surface area (Å²) in [4.78, 5) is 3.82. The molecule has 0 fully saturated rings. The number of aromatic amines is 1. The SMILES string of the molecule is c1nc(C2N=NN=N2)n[nH]1. The second-order valence-electron chi connectivity index (χ2n) is 1.64. The zero-order valence-corrected chi connectivity index (χ0v) is 4.84. The van der Waals surface area contributed by atoms with Crippen LogP contribution in [0.25, 0.3) is 0 Å². The van der Waals surface area contributed by atoms with Crippen LogP contribution in [-0.2, 0) is 0 Å². The molecule has 0 radical (unpaired) electrons. The third-order valence-electron chi connectivity index (χ3n) is 1.03. The van der Waals surface area contributed by atoms with Crippen LogP contribution < -0.4 is 0 Å². The molecular weight excluding hydrogens is 134 g/mol. The highest BCUT2D eigenvalue weighted by Gasteiger charge is 2.15. The van der Waals surface area contributed by atoms with Crippen molar-refractivity contribution >= 4 is 0 Å². The van der Waals surface area contributed by atoms with Gasteiger partial charge in [0.25, 0.3) is 0 Å². The molecule has 7 heteroatoms. The van der Waals surface area contributed by atoms with Gasteiger partial charge >= 0.3 is 0 Å². The molecule has 0 amide bonds. The van der Waals surface area contributed by atoms with Gasteiger partial charge in [-0.1, -0.05) is 0 Å². The van der Waals surface area contributed by atoms with Crippen LogP contribution in [0.5, 0.6) is 0 Å². The van der Waals surface area contributed by atoms with E-state index in [4.69, 9.17) is 0 Å². The molecular formula is C3H3N7. The summed E-state index contributed by atoms with van der Waals surface area (Å²) in [5.41, 5.74) is 0. The summed E-state index contributed by atoms with van der Waals surface area (Å²) in [6.45, 7) is 0. The largest absolute Gasteiger partial charge is 0.266 e. The van der Waals surface area contributed by atoms with E-state index in [0.717, 1.165) is 0 Å². The predicted molar refractivity (Wildman–Crippen MR) is 28.8 cm³/mol. The Morgan fingerprint density at radius 2 is 2.10 bits per heavy atom. The van der Waals surface area contributed by atoms with Crippen LogP contribution in [0.2, 0.25) is 0 Å². The molecule has 10 heavy (non-hydrogen) atoms. The number of hydrogen-bond donors (Lipinski definition) is 1. The average molecular weight is 137 g/mol. The van der Waals surface area contributed by atoms with E-state index in [1.807, 2.05) is 0 Å². The number of nitrogens with zero attached hydrogens (tertiary/aromatic N) is 6. The van der Waals surface area contributed by atoms with E-state index in [1.165, 1.54) is 6.33 Å². The highest BCUT2D eigenvalue weighted by molar-refractivity contribution is 4.89. The smallest absolute Gasteiger partial charge is 0.245 e. The Bertz CT molecular complexity index is 246. The van der Waals surface area contributed by atoms with Gasteiger partial charge in [0.15, 0.2) is 0 Å². The van der Waals surface area contributed by atoms with E-state index in [2.05, 4.69) is 35.9 Å². The predicted octanol–water partition coefficient (Wildman–Crippen LogP) is 0.636. The Hall–Kier alpha value is -1.66. The van der Waals surface area contributed by atoms with Crippen LogP contribution >= 0.6 is 0 Å². The molecule has 0 atom stereocenters. The van der Waals surface area contributed by atoms with Crippen LogP contribution in [-0.4, -0.2) is 15.2 Å². The van der Waals surface area contributed by atoms with Crippen LogP contribution in [0.15, 0.2) is 27.0 Å². The van der Waals surface area contributed by atoms with Crippen LogP contribution in [0.1, 0.15) is 12.0 Å². The first-order valence-electron chi connectivity index (χ1n) is 2.62. The minimum absolute atomic E-state index is 0.439. The lowest BCUT2D eigenvalue weighted by Gasteiger charge is -1.88. The van der Waals surface area contributed by atoms with Crippen LogP contribution in [0.4, 0.5) is 0 Å². The van der Waals surface area contributed by atoms with Crippen LogP contribution in [0, 0.1) is 0 Å². The number of H-pyrrole nitrogens is 1. The molecule has 1 aliphatic rings. The normalized spacial score (nSPS) is 16.8. The van der Waals surface area contributed by atoms with Gasteiger partial charge in [-0.2, -0.15) is 5.10 Å². The third-order valence-corrected chi connectivity index (χ3v) is 1.03. The van der Waals surface area contributed by atoms with Crippen molar-refractivity contribution in [1.29, 1.82) is 0 Å². The number of rotatable bonds is 1. The van der Waals surface area contributed by atoms with Gasteiger partial charge in [-0.25, -0.2) is 4.98 Å². The standard InChI is InChI=1S/C3H3N7/c1-4-2(6-5-1)3-7-9-10-8-3/h1,3H,(H,4,5,6). The van der Waals surface area contributed by atoms with Crippen LogP contribution in [0.3, 0.4) is 0 Å². The molecule has 0 saturated heterocycles. The first-order chi connectivity index (χ1) is 4.97. The molecule has 7 nitrogen and oxygen atoms in total. The lowest BCUT2D eigenvalue weighted by molar-refractivity contribution is 0.704. The van der Waals surface area contributed by atoms with Gasteiger partial charge in [0, 0.05) is 0 Å². The van der Waals surface area contributed by atoms with Crippen molar-refractivity contribution in [2.45, 2.75) is 6.17 Å². The molecule has 50 valence electrons. The maximum Gasteiger partial charge on any atom is 0.245 e. The Kier molecular flexibility index (Phi) is 0.998. The highest BCUT2D eigenvalue weighted by Crippen LogP contribution is 2.18. The molecule has 1 aromatic rings. The fraction of sp³-hybridized carbons (Fsp3) is 0.333. The first-order valence-corrected chi connectivity index (χ1v) is 2.62. The van der Waals surface area contributed by atoms with Gasteiger partial charge in [-0.3, -0.25) is 5.10 Å². The highest BCUT2D eigenvalue weighted by atomic mass is 15.6. The Labute approximate surface area is 55.3 Å². The summed E-state index contributed by atoms with van der Waals surface area (Å²) >= 11 is 0. The van der Waals surface area contributed by atoms with Crippen molar-refractivity contribution in [1.82, 2.24) is 15.2 Å². The number of hydrogen-bond acceptors (Lipinski definition) is 6. The topological polar surface area (TPSA) is 91.0 Å². The molecule has 2 heterocycles. The van der Waals surface area contributed by atoms with Gasteiger partial charge in [-0.15, -0.1) is 10.2 Å². The third kappa shape index (κ3) is 0.677. The maximum absolute atomic E-state index is 3.82. The lowest BCUT2D eigenvalue weighted by Crippen LogP contribution is -1.90. The van der Waals surface area contributed by atoms with E-state index in [0.29, 0.717) is 5.82 Å². The van der Waals surface area contributed by atoms with Gasteiger partial charge in [-0.05, 0) is 10.4 Å². The fourth-order valence-corrected chi connectivity index (χ4v) is 0.614. The monoisotopic (exact) mass is 137 g/mol. The van der Waals surface area contributed by atoms with E-state index in [-0.39, 0.29) is 0 Å². The molecule has 1 N–H and O–H groups in total. The molecule has 0 saturated carbocycles. The minimum atomic E-state index is -0.439. The first kappa shape index (κ1) is 5.15. The minimum Gasteiger partial charge on any atom is -0.266 e. The number of aromatic nitrogens is 3. The van der Waals surface area contributed by atoms with E-state index >= 15 is 0 Å². The van der Waals surface area contributed by atoms with Crippen molar-refractivity contribution in [2.24, 2.45) is 20.7 Å². The van der Waals surface area contributed by atoms with Crippen molar-refractivity contribution in [3.63, 3.8) is 0 Å². The van der Waals surface area contributed by atoms with E-state index < -0.39 is 6.17 Å². The second-order valence-corrected chi connectivity index (χ2v) is 1.64. The Morgan fingerprint density at radius 1 is 1.30 bits per heavy atom. The second kappa shape index (κ2) is 1.94. The zero-order chi connectivity index (χ0) is 6.81. The molecule has 0 aliphatic carbocycles. The van der Waals surface area contributed by atoms with Crippen molar-refractivity contribution in [2.75, 3.05) is 0 Å². The molecule has 0 aromatic carbocycles. The van der Waals surface area contributed by atoms with E-state index in [9.17, 15) is 0 Å². The fourth-order valence-electron chi connectivity index (χ4n) is 0.614. The van der Waals surface area contributed by atoms with Gasteiger partial charge in [0.2, 0.25) is 12.0 Å². The Morgan fingerprint density at radius 3 is 2.70 bits per heavy atom. The molecule has 0 spiro atoms. The molecule has 1 aliphatic heterocycles. The van der Waals surface area contributed by atoms with Crippen molar-refractivity contribution in [3.05, 3.63) is 12.2 Å². The van der Waals surface area contributed by atoms with Gasteiger partial charge < -0.3 is 0 Å². The molecule has 2 rings (SSSR count). The summed E-state index contributed by atoms with van der Waals surface area (Å²) < 4.78 is 0. The summed E-state index contributed by atoms with van der Waals surface area (Å²) in [7, 11) is 0. The summed E-state index contributed by atoms with van der Waals surface area (Å²) in [5.74, 6) is 0.491. The summed E-state index contributed by atoms with van der Waals surface area (Å²) in [5, 5.41) is 20.2. The lowest BCUT2D eigenvalue weighted by atomic mass is 10.5. The van der Waals surface area contributed by atoms with E-state index in [1.54, 1.807) is 0 Å². The summed E-state index contributed by atoms with van der Waals surface area (Å²) in [6, 6.07) is 0. The zero-order valence-electron chi connectivity index (χ0n) is 4.84.